The van der Waals surface area contributed by atoms with Crippen LogP contribution in [0.1, 0.15) is 0 Å². The molecule has 2 aromatic rings. The zero-order chi connectivity index (χ0) is 16.3. The van der Waals surface area contributed by atoms with Crippen molar-refractivity contribution < 1.29 is 22.6 Å². The number of fused-ring (bicyclic) bond motifs is 1. The second-order valence-electron chi connectivity index (χ2n) is 5.03. The highest BCUT2D eigenvalue weighted by atomic mass is 32.2. The number of ether oxygens (including phenoxy) is 3. The van der Waals surface area contributed by atoms with Gasteiger partial charge in [-0.05, 0) is 36.4 Å². The molecule has 0 unspecified atom stereocenters. The zero-order valence-electron chi connectivity index (χ0n) is 12.6. The summed E-state index contributed by atoms with van der Waals surface area (Å²) in [4.78, 5) is 0.176. The van der Waals surface area contributed by atoms with Crippen molar-refractivity contribution in [2.24, 2.45) is 0 Å². The molecule has 1 aliphatic heterocycles. The standard InChI is InChI=1S/C16H17NO5S/c1-20-12-6-8-14(9-7-12)23(18,19)17-10-13-11-21-15-4-2-3-5-16(15)22-13/h2-9,13,17H,10-11H2,1H3/t13-/m0/s1. The summed E-state index contributed by atoms with van der Waals surface area (Å²) in [6.07, 6.45) is -0.377. The maximum Gasteiger partial charge on any atom is 0.240 e. The van der Waals surface area contributed by atoms with E-state index < -0.39 is 10.0 Å². The van der Waals surface area contributed by atoms with E-state index in [1.165, 1.54) is 19.2 Å². The number of methoxy groups -OCH3 is 1. The van der Waals surface area contributed by atoms with E-state index in [2.05, 4.69) is 4.72 Å². The van der Waals surface area contributed by atoms with Gasteiger partial charge in [0.1, 0.15) is 18.5 Å². The number of hydrogen-bond acceptors (Lipinski definition) is 5. The number of rotatable bonds is 5. The highest BCUT2D eigenvalue weighted by molar-refractivity contribution is 7.89. The van der Waals surface area contributed by atoms with Gasteiger partial charge in [0.05, 0.1) is 18.6 Å². The monoisotopic (exact) mass is 335 g/mol. The first-order valence-corrected chi connectivity index (χ1v) is 8.59. The van der Waals surface area contributed by atoms with Gasteiger partial charge >= 0.3 is 0 Å². The molecule has 2 aromatic carbocycles. The lowest BCUT2D eigenvalue weighted by molar-refractivity contribution is 0.0943. The number of hydrogen-bond donors (Lipinski definition) is 1. The number of nitrogens with one attached hydrogen (secondary N) is 1. The van der Waals surface area contributed by atoms with E-state index in [0.29, 0.717) is 23.9 Å². The molecule has 0 fully saturated rings. The largest absolute Gasteiger partial charge is 0.497 e. The molecule has 0 aliphatic carbocycles. The molecule has 1 aliphatic rings. The molecule has 1 heterocycles. The summed E-state index contributed by atoms with van der Waals surface area (Å²) in [5, 5.41) is 0. The van der Waals surface area contributed by atoms with Crippen LogP contribution < -0.4 is 18.9 Å². The van der Waals surface area contributed by atoms with Gasteiger partial charge in [-0.15, -0.1) is 0 Å². The van der Waals surface area contributed by atoms with Crippen LogP contribution in [0.2, 0.25) is 0 Å². The Morgan fingerprint density at radius 2 is 1.83 bits per heavy atom. The third kappa shape index (κ3) is 3.57. The summed E-state index contributed by atoms with van der Waals surface area (Å²) in [5.41, 5.74) is 0. The van der Waals surface area contributed by atoms with Gasteiger partial charge in [0.15, 0.2) is 11.5 Å². The number of para-hydroxylation sites is 2. The van der Waals surface area contributed by atoms with Crippen molar-refractivity contribution in [1.82, 2.24) is 4.72 Å². The molecule has 0 bridgehead atoms. The van der Waals surface area contributed by atoms with Gasteiger partial charge in [0.2, 0.25) is 10.0 Å². The normalized spacial score (nSPS) is 16.8. The fraction of sp³-hybridized carbons (Fsp3) is 0.250. The lowest BCUT2D eigenvalue weighted by Crippen LogP contribution is -2.40. The van der Waals surface area contributed by atoms with Crippen molar-refractivity contribution in [3.05, 3.63) is 48.5 Å². The van der Waals surface area contributed by atoms with Gasteiger partial charge in [-0.2, -0.15) is 0 Å². The van der Waals surface area contributed by atoms with Crippen LogP contribution >= 0.6 is 0 Å². The molecular weight excluding hydrogens is 318 g/mol. The minimum atomic E-state index is -3.60. The maximum absolute atomic E-state index is 12.3. The molecule has 0 amide bonds. The van der Waals surface area contributed by atoms with Gasteiger partial charge in [0.25, 0.3) is 0 Å². The van der Waals surface area contributed by atoms with Crippen molar-refractivity contribution in [3.8, 4) is 17.2 Å². The fourth-order valence-corrected chi connectivity index (χ4v) is 3.27. The first kappa shape index (κ1) is 15.6. The van der Waals surface area contributed by atoms with Gasteiger partial charge < -0.3 is 14.2 Å². The summed E-state index contributed by atoms with van der Waals surface area (Å²) in [6, 6.07) is 13.5. The molecule has 3 rings (SSSR count). The molecule has 6 nitrogen and oxygen atoms in total. The van der Waals surface area contributed by atoms with Gasteiger partial charge in [-0.3, -0.25) is 0 Å². The van der Waals surface area contributed by atoms with Gasteiger partial charge in [-0.25, -0.2) is 13.1 Å². The van der Waals surface area contributed by atoms with E-state index in [-0.39, 0.29) is 17.5 Å². The first-order valence-electron chi connectivity index (χ1n) is 7.11. The Morgan fingerprint density at radius 1 is 1.13 bits per heavy atom. The second kappa shape index (κ2) is 6.47. The molecule has 1 N–H and O–H groups in total. The van der Waals surface area contributed by atoms with E-state index in [0.717, 1.165) is 0 Å². The Balaban J connectivity index is 1.63. The Kier molecular flexibility index (Phi) is 4.40. The fourth-order valence-electron chi connectivity index (χ4n) is 2.20. The topological polar surface area (TPSA) is 73.9 Å². The predicted octanol–water partition coefficient (Wildman–Crippen LogP) is 1.81. The molecule has 0 saturated heterocycles. The molecule has 0 radical (unpaired) electrons. The minimum Gasteiger partial charge on any atom is -0.497 e. The molecule has 23 heavy (non-hydrogen) atoms. The minimum absolute atomic E-state index is 0.128. The van der Waals surface area contributed by atoms with E-state index in [9.17, 15) is 8.42 Å². The van der Waals surface area contributed by atoms with Crippen LogP contribution in [0.3, 0.4) is 0 Å². The first-order chi connectivity index (χ1) is 11.1. The third-order valence-corrected chi connectivity index (χ3v) is 4.88. The van der Waals surface area contributed by atoms with Crippen molar-refractivity contribution in [1.29, 1.82) is 0 Å². The Bertz CT molecular complexity index is 773. The van der Waals surface area contributed by atoms with Crippen molar-refractivity contribution >= 4 is 10.0 Å². The van der Waals surface area contributed by atoms with Crippen molar-refractivity contribution in [2.75, 3.05) is 20.3 Å². The van der Waals surface area contributed by atoms with Crippen LogP contribution in [-0.4, -0.2) is 34.8 Å². The molecule has 122 valence electrons. The van der Waals surface area contributed by atoms with Crippen LogP contribution in [0, 0.1) is 0 Å². The zero-order valence-corrected chi connectivity index (χ0v) is 13.4. The lowest BCUT2D eigenvalue weighted by atomic mass is 10.2. The Labute approximate surface area is 135 Å². The van der Waals surface area contributed by atoms with E-state index in [1.807, 2.05) is 18.2 Å². The van der Waals surface area contributed by atoms with E-state index in [4.69, 9.17) is 14.2 Å². The van der Waals surface area contributed by atoms with Crippen LogP contribution in [0.25, 0.3) is 0 Å². The highest BCUT2D eigenvalue weighted by Gasteiger charge is 2.23. The average Bonchev–Trinajstić information content (AvgIpc) is 2.60. The average molecular weight is 335 g/mol. The molecule has 1 atom stereocenters. The molecular formula is C16H17NO5S. The predicted molar refractivity (Wildman–Crippen MR) is 84.5 cm³/mol. The third-order valence-electron chi connectivity index (χ3n) is 3.44. The number of benzene rings is 2. The SMILES string of the molecule is COc1ccc(S(=O)(=O)NC[C@H]2COc3ccccc3O2)cc1. The van der Waals surface area contributed by atoms with Crippen molar-refractivity contribution in [3.63, 3.8) is 0 Å². The molecule has 0 aromatic heterocycles. The molecule has 0 spiro atoms. The lowest BCUT2D eigenvalue weighted by Gasteiger charge is -2.26. The maximum atomic E-state index is 12.3. The quantitative estimate of drug-likeness (QED) is 0.902. The summed E-state index contributed by atoms with van der Waals surface area (Å²) in [5.74, 6) is 1.89. The summed E-state index contributed by atoms with van der Waals surface area (Å²) < 4.78 is 43.4. The smallest absolute Gasteiger partial charge is 0.240 e. The highest BCUT2D eigenvalue weighted by Crippen LogP contribution is 2.30. The van der Waals surface area contributed by atoms with Crippen LogP contribution in [0.4, 0.5) is 0 Å². The van der Waals surface area contributed by atoms with E-state index in [1.54, 1.807) is 18.2 Å². The summed E-state index contributed by atoms with van der Waals surface area (Å²) >= 11 is 0. The molecule has 0 saturated carbocycles. The summed E-state index contributed by atoms with van der Waals surface area (Å²) in [7, 11) is -2.08. The Morgan fingerprint density at radius 3 is 2.52 bits per heavy atom. The van der Waals surface area contributed by atoms with Crippen LogP contribution in [-0.2, 0) is 10.0 Å². The van der Waals surface area contributed by atoms with Crippen LogP contribution in [0.5, 0.6) is 17.2 Å². The van der Waals surface area contributed by atoms with E-state index >= 15 is 0 Å². The Hall–Kier alpha value is -2.25. The van der Waals surface area contributed by atoms with Gasteiger partial charge in [-0.1, -0.05) is 12.1 Å². The van der Waals surface area contributed by atoms with Crippen LogP contribution in [0.15, 0.2) is 53.4 Å². The second-order valence-corrected chi connectivity index (χ2v) is 6.79. The summed E-state index contributed by atoms with van der Waals surface area (Å²) in [6.45, 7) is 0.421. The van der Waals surface area contributed by atoms with Crippen molar-refractivity contribution in [2.45, 2.75) is 11.0 Å². The number of sulfonamides is 1. The van der Waals surface area contributed by atoms with Gasteiger partial charge in [0, 0.05) is 0 Å². The molecule has 7 heteroatoms.